The van der Waals surface area contributed by atoms with E-state index in [1.54, 1.807) is 18.2 Å². The lowest BCUT2D eigenvalue weighted by atomic mass is 10.2. The van der Waals surface area contributed by atoms with Gasteiger partial charge in [-0.15, -0.1) is 0 Å². The van der Waals surface area contributed by atoms with Crippen LogP contribution in [0.1, 0.15) is 23.2 Å². The molecule has 2 aromatic carbocycles. The third-order valence-electron chi connectivity index (χ3n) is 5.36. The van der Waals surface area contributed by atoms with Crippen molar-refractivity contribution in [1.82, 2.24) is 4.31 Å². The molecule has 0 aliphatic carbocycles. The van der Waals surface area contributed by atoms with Crippen LogP contribution in [0.5, 0.6) is 0 Å². The van der Waals surface area contributed by atoms with Crippen LogP contribution >= 0.6 is 0 Å². The molecule has 1 N–H and O–H groups in total. The first-order chi connectivity index (χ1) is 14.4. The minimum absolute atomic E-state index is 0.0888. The topological polar surface area (TPSA) is 79.0 Å². The van der Waals surface area contributed by atoms with Gasteiger partial charge in [0.1, 0.15) is 5.82 Å². The lowest BCUT2D eigenvalue weighted by Gasteiger charge is -2.29. The summed E-state index contributed by atoms with van der Waals surface area (Å²) in [7, 11) is -3.61. The molecule has 30 heavy (non-hydrogen) atoms. The predicted molar refractivity (Wildman–Crippen MR) is 112 cm³/mol. The van der Waals surface area contributed by atoms with E-state index in [0.717, 1.165) is 12.8 Å². The zero-order chi connectivity index (χ0) is 21.1. The molecule has 9 heteroatoms. The highest BCUT2D eigenvalue weighted by Gasteiger charge is 2.27. The smallest absolute Gasteiger partial charge is 0.255 e. The number of nitrogens with one attached hydrogen (secondary N) is 1. The Morgan fingerprint density at radius 1 is 1.00 bits per heavy atom. The average molecular weight is 434 g/mol. The first-order valence-electron chi connectivity index (χ1n) is 9.99. The van der Waals surface area contributed by atoms with Crippen LogP contribution in [0.2, 0.25) is 0 Å². The van der Waals surface area contributed by atoms with Gasteiger partial charge in [-0.1, -0.05) is 6.07 Å². The maximum absolute atomic E-state index is 14.6. The van der Waals surface area contributed by atoms with Gasteiger partial charge in [-0.3, -0.25) is 4.79 Å². The van der Waals surface area contributed by atoms with Crippen molar-refractivity contribution in [2.75, 3.05) is 49.6 Å². The van der Waals surface area contributed by atoms with Crippen molar-refractivity contribution < 1.29 is 22.3 Å². The van der Waals surface area contributed by atoms with Crippen molar-refractivity contribution in [3.05, 3.63) is 53.8 Å². The van der Waals surface area contributed by atoms with E-state index in [1.807, 2.05) is 4.90 Å². The van der Waals surface area contributed by atoms with Crippen molar-refractivity contribution in [1.29, 1.82) is 0 Å². The zero-order valence-corrected chi connectivity index (χ0v) is 17.3. The molecular weight excluding hydrogens is 409 g/mol. The molecule has 1 amide bonds. The number of benzene rings is 2. The van der Waals surface area contributed by atoms with Crippen LogP contribution in [0.25, 0.3) is 0 Å². The monoisotopic (exact) mass is 433 g/mol. The molecule has 160 valence electrons. The van der Waals surface area contributed by atoms with Gasteiger partial charge >= 0.3 is 0 Å². The van der Waals surface area contributed by atoms with Crippen molar-refractivity contribution in [2.24, 2.45) is 0 Å². The summed E-state index contributed by atoms with van der Waals surface area (Å²) in [6.07, 6.45) is 1.68. The zero-order valence-electron chi connectivity index (χ0n) is 16.5. The van der Waals surface area contributed by atoms with Gasteiger partial charge in [0.25, 0.3) is 5.91 Å². The minimum atomic E-state index is -3.61. The van der Waals surface area contributed by atoms with Crippen LogP contribution < -0.4 is 10.2 Å². The summed E-state index contributed by atoms with van der Waals surface area (Å²) in [4.78, 5) is 14.6. The second-order valence-electron chi connectivity index (χ2n) is 7.36. The summed E-state index contributed by atoms with van der Waals surface area (Å²) < 4.78 is 46.7. The van der Waals surface area contributed by atoms with Gasteiger partial charge in [0.2, 0.25) is 10.0 Å². The standard InChI is InChI=1S/C21H24FN3O4S/c22-19-15-17(6-7-20(19)24-10-12-29-13-11-24)23-21(26)16-4-3-5-18(14-16)30(27,28)25-8-1-2-9-25/h3-7,14-15H,1-2,8-13H2,(H,23,26). The number of sulfonamides is 1. The van der Waals surface area contributed by atoms with Crippen LogP contribution in [0.4, 0.5) is 15.8 Å². The number of hydrogen-bond acceptors (Lipinski definition) is 5. The van der Waals surface area contributed by atoms with Crippen LogP contribution in [0.3, 0.4) is 0 Å². The number of ether oxygens (including phenoxy) is 1. The number of rotatable bonds is 5. The van der Waals surface area contributed by atoms with Crippen LogP contribution in [-0.4, -0.2) is 58.0 Å². The van der Waals surface area contributed by atoms with Gasteiger partial charge in [-0.25, -0.2) is 12.8 Å². The normalized spacial score (nSPS) is 17.8. The molecule has 0 radical (unpaired) electrons. The molecule has 0 saturated carbocycles. The summed E-state index contributed by atoms with van der Waals surface area (Å²) in [5.41, 5.74) is 0.977. The molecule has 2 aliphatic rings. The Hall–Kier alpha value is -2.49. The van der Waals surface area contributed by atoms with Gasteiger partial charge in [0, 0.05) is 37.4 Å². The summed E-state index contributed by atoms with van der Waals surface area (Å²) in [5, 5.41) is 2.65. The van der Waals surface area contributed by atoms with E-state index in [-0.39, 0.29) is 10.5 Å². The second-order valence-corrected chi connectivity index (χ2v) is 9.30. The molecule has 2 aliphatic heterocycles. The quantitative estimate of drug-likeness (QED) is 0.785. The first-order valence-corrected chi connectivity index (χ1v) is 11.4. The van der Waals surface area contributed by atoms with E-state index < -0.39 is 21.7 Å². The molecule has 7 nitrogen and oxygen atoms in total. The Balaban J connectivity index is 1.49. The van der Waals surface area contributed by atoms with Gasteiger partial charge in [0.05, 0.1) is 23.8 Å². The number of nitrogens with zero attached hydrogens (tertiary/aromatic N) is 2. The number of carbonyl (C=O) groups excluding carboxylic acids is 1. The molecular formula is C21H24FN3O4S. The minimum Gasteiger partial charge on any atom is -0.378 e. The number of anilines is 2. The van der Waals surface area contributed by atoms with E-state index in [0.29, 0.717) is 50.8 Å². The first kappa shape index (κ1) is 20.8. The Bertz CT molecular complexity index is 1030. The van der Waals surface area contributed by atoms with Gasteiger partial charge in [0.15, 0.2) is 0 Å². The SMILES string of the molecule is O=C(Nc1ccc(N2CCOCC2)c(F)c1)c1cccc(S(=O)(=O)N2CCCC2)c1. The van der Waals surface area contributed by atoms with E-state index in [1.165, 1.54) is 28.6 Å². The molecule has 0 aromatic heterocycles. The molecule has 4 rings (SSSR count). The highest BCUT2D eigenvalue weighted by atomic mass is 32.2. The summed E-state index contributed by atoms with van der Waals surface area (Å²) in [5.74, 6) is -0.924. The number of amides is 1. The number of morpholine rings is 1. The Labute approximate surface area is 175 Å². The van der Waals surface area contributed by atoms with Gasteiger partial charge in [-0.2, -0.15) is 4.31 Å². The van der Waals surface area contributed by atoms with E-state index in [2.05, 4.69) is 5.32 Å². The van der Waals surface area contributed by atoms with E-state index >= 15 is 0 Å². The lowest BCUT2D eigenvalue weighted by molar-refractivity contribution is 0.102. The molecule has 2 aromatic rings. The highest BCUT2D eigenvalue weighted by molar-refractivity contribution is 7.89. The van der Waals surface area contributed by atoms with E-state index in [4.69, 9.17) is 4.74 Å². The van der Waals surface area contributed by atoms with Crippen molar-refractivity contribution in [3.8, 4) is 0 Å². The third kappa shape index (κ3) is 4.33. The molecule has 2 heterocycles. The maximum Gasteiger partial charge on any atom is 0.255 e. The molecule has 0 unspecified atom stereocenters. The Kier molecular flexibility index (Phi) is 6.03. The van der Waals surface area contributed by atoms with Crippen molar-refractivity contribution >= 4 is 27.3 Å². The van der Waals surface area contributed by atoms with Crippen molar-refractivity contribution in [2.45, 2.75) is 17.7 Å². The van der Waals surface area contributed by atoms with Crippen molar-refractivity contribution in [3.63, 3.8) is 0 Å². The Morgan fingerprint density at radius 2 is 1.73 bits per heavy atom. The number of halogens is 1. The summed E-state index contributed by atoms with van der Waals surface area (Å²) >= 11 is 0. The third-order valence-corrected chi connectivity index (χ3v) is 7.25. The fourth-order valence-corrected chi connectivity index (χ4v) is 5.29. The maximum atomic E-state index is 14.6. The molecule has 0 atom stereocenters. The highest BCUT2D eigenvalue weighted by Crippen LogP contribution is 2.25. The fourth-order valence-electron chi connectivity index (χ4n) is 3.72. The largest absolute Gasteiger partial charge is 0.378 e. The number of carbonyl (C=O) groups is 1. The van der Waals surface area contributed by atoms with Crippen LogP contribution in [-0.2, 0) is 14.8 Å². The molecule has 2 fully saturated rings. The lowest BCUT2D eigenvalue weighted by Crippen LogP contribution is -2.36. The Morgan fingerprint density at radius 3 is 2.43 bits per heavy atom. The molecule has 0 bridgehead atoms. The molecule has 2 saturated heterocycles. The van der Waals surface area contributed by atoms with Crippen LogP contribution in [0, 0.1) is 5.82 Å². The van der Waals surface area contributed by atoms with E-state index in [9.17, 15) is 17.6 Å². The summed E-state index contributed by atoms with van der Waals surface area (Å²) in [6, 6.07) is 10.5. The number of hydrogen-bond donors (Lipinski definition) is 1. The van der Waals surface area contributed by atoms with Gasteiger partial charge in [-0.05, 0) is 49.2 Å². The van der Waals surface area contributed by atoms with Crippen LogP contribution in [0.15, 0.2) is 47.4 Å². The second kappa shape index (κ2) is 8.71. The predicted octanol–water partition coefficient (Wildman–Crippen LogP) is 2.70. The molecule has 0 spiro atoms. The average Bonchev–Trinajstić information content (AvgIpc) is 3.30. The summed E-state index contributed by atoms with van der Waals surface area (Å²) in [6.45, 7) is 3.31. The van der Waals surface area contributed by atoms with Gasteiger partial charge < -0.3 is 15.0 Å². The fraction of sp³-hybridized carbons (Fsp3) is 0.381.